The van der Waals surface area contributed by atoms with E-state index < -0.39 is 0 Å². The fourth-order valence-corrected chi connectivity index (χ4v) is 3.35. The van der Waals surface area contributed by atoms with E-state index in [1.54, 1.807) is 7.11 Å². The molecular formula is C19H24N2O. The van der Waals surface area contributed by atoms with Crippen molar-refractivity contribution >= 4 is 0 Å². The molecule has 2 N–H and O–H groups in total. The van der Waals surface area contributed by atoms with Crippen molar-refractivity contribution in [3.63, 3.8) is 0 Å². The van der Waals surface area contributed by atoms with Crippen molar-refractivity contribution < 1.29 is 4.74 Å². The first-order valence-corrected chi connectivity index (χ1v) is 7.96. The first-order chi connectivity index (χ1) is 10.8. The highest BCUT2D eigenvalue weighted by molar-refractivity contribution is 5.33. The highest BCUT2D eigenvalue weighted by Crippen LogP contribution is 2.33. The lowest BCUT2D eigenvalue weighted by atomic mass is 9.90. The van der Waals surface area contributed by atoms with Crippen LogP contribution in [0, 0.1) is 0 Å². The summed E-state index contributed by atoms with van der Waals surface area (Å²) in [6, 6.07) is 17.6. The van der Waals surface area contributed by atoms with E-state index in [2.05, 4.69) is 41.3 Å². The van der Waals surface area contributed by atoms with Crippen LogP contribution in [-0.4, -0.2) is 25.1 Å². The monoisotopic (exact) mass is 296 g/mol. The van der Waals surface area contributed by atoms with Crippen molar-refractivity contribution in [2.45, 2.75) is 25.4 Å². The van der Waals surface area contributed by atoms with Gasteiger partial charge in [0.15, 0.2) is 0 Å². The van der Waals surface area contributed by atoms with Crippen LogP contribution in [0.4, 0.5) is 0 Å². The van der Waals surface area contributed by atoms with E-state index >= 15 is 0 Å². The highest BCUT2D eigenvalue weighted by atomic mass is 16.5. The molecule has 0 bridgehead atoms. The van der Waals surface area contributed by atoms with Crippen molar-refractivity contribution in [3.05, 3.63) is 65.2 Å². The summed E-state index contributed by atoms with van der Waals surface area (Å²) in [5.41, 5.74) is 10.1. The molecule has 1 atom stereocenters. The van der Waals surface area contributed by atoms with Crippen LogP contribution in [0.25, 0.3) is 0 Å². The summed E-state index contributed by atoms with van der Waals surface area (Å²) >= 11 is 0. The summed E-state index contributed by atoms with van der Waals surface area (Å²) in [5, 5.41) is 0. The standard InChI is InChI=1S/C19H24N2O/c1-22-17-8-6-15(7-9-17)14-21-13-11-16-4-2-3-5-18(16)19(21)10-12-20/h2-9,19H,10-14,20H2,1H3. The Morgan fingerprint density at radius 2 is 1.91 bits per heavy atom. The molecule has 2 aromatic carbocycles. The Morgan fingerprint density at radius 3 is 2.64 bits per heavy atom. The second kappa shape index (κ2) is 6.95. The van der Waals surface area contributed by atoms with Gasteiger partial charge < -0.3 is 10.5 Å². The van der Waals surface area contributed by atoms with Crippen LogP contribution in [0.1, 0.15) is 29.2 Å². The zero-order chi connectivity index (χ0) is 15.4. The molecule has 0 saturated heterocycles. The number of fused-ring (bicyclic) bond motifs is 1. The zero-order valence-electron chi connectivity index (χ0n) is 13.2. The van der Waals surface area contributed by atoms with Gasteiger partial charge in [0.25, 0.3) is 0 Å². The molecule has 116 valence electrons. The van der Waals surface area contributed by atoms with E-state index in [9.17, 15) is 0 Å². The maximum Gasteiger partial charge on any atom is 0.118 e. The molecule has 0 spiro atoms. The Balaban J connectivity index is 1.80. The molecule has 2 aromatic rings. The predicted octanol–water partition coefficient (Wildman–Crippen LogP) is 3.14. The van der Waals surface area contributed by atoms with Gasteiger partial charge in [-0.05, 0) is 48.2 Å². The molecule has 0 aliphatic carbocycles. The van der Waals surface area contributed by atoms with Crippen LogP contribution in [0.2, 0.25) is 0 Å². The van der Waals surface area contributed by atoms with Crippen molar-refractivity contribution in [1.82, 2.24) is 4.90 Å². The highest BCUT2D eigenvalue weighted by Gasteiger charge is 2.26. The summed E-state index contributed by atoms with van der Waals surface area (Å²) < 4.78 is 5.24. The van der Waals surface area contributed by atoms with Gasteiger partial charge in [-0.1, -0.05) is 36.4 Å². The van der Waals surface area contributed by atoms with E-state index in [4.69, 9.17) is 10.5 Å². The van der Waals surface area contributed by atoms with Gasteiger partial charge in [0, 0.05) is 19.1 Å². The average Bonchev–Trinajstić information content (AvgIpc) is 2.58. The van der Waals surface area contributed by atoms with Gasteiger partial charge in [-0.15, -0.1) is 0 Å². The van der Waals surface area contributed by atoms with E-state index in [1.807, 2.05) is 12.1 Å². The number of nitrogens with zero attached hydrogens (tertiary/aromatic N) is 1. The number of nitrogens with two attached hydrogens (primary N) is 1. The van der Waals surface area contributed by atoms with E-state index in [0.29, 0.717) is 6.04 Å². The van der Waals surface area contributed by atoms with Crippen molar-refractivity contribution in [2.75, 3.05) is 20.2 Å². The van der Waals surface area contributed by atoms with Crippen LogP contribution >= 0.6 is 0 Å². The molecule has 1 aliphatic rings. The second-order valence-corrected chi connectivity index (χ2v) is 5.86. The van der Waals surface area contributed by atoms with Gasteiger partial charge in [-0.2, -0.15) is 0 Å². The third kappa shape index (κ3) is 3.16. The van der Waals surface area contributed by atoms with Gasteiger partial charge in [0.05, 0.1) is 7.11 Å². The smallest absolute Gasteiger partial charge is 0.118 e. The quantitative estimate of drug-likeness (QED) is 0.921. The third-order valence-corrected chi connectivity index (χ3v) is 4.51. The first kappa shape index (κ1) is 15.1. The largest absolute Gasteiger partial charge is 0.497 e. The Kier molecular flexibility index (Phi) is 4.76. The molecule has 3 rings (SSSR count). The minimum atomic E-state index is 0.428. The topological polar surface area (TPSA) is 38.5 Å². The lowest BCUT2D eigenvalue weighted by Gasteiger charge is -2.37. The van der Waals surface area contributed by atoms with Crippen molar-refractivity contribution in [2.24, 2.45) is 5.73 Å². The zero-order valence-corrected chi connectivity index (χ0v) is 13.2. The Labute approximate surface area is 132 Å². The van der Waals surface area contributed by atoms with E-state index in [-0.39, 0.29) is 0 Å². The second-order valence-electron chi connectivity index (χ2n) is 5.86. The third-order valence-electron chi connectivity index (χ3n) is 4.51. The summed E-state index contributed by atoms with van der Waals surface area (Å²) in [4.78, 5) is 2.55. The summed E-state index contributed by atoms with van der Waals surface area (Å²) in [5.74, 6) is 0.909. The van der Waals surface area contributed by atoms with Crippen LogP contribution in [0.3, 0.4) is 0 Å². The van der Waals surface area contributed by atoms with Crippen molar-refractivity contribution in [3.8, 4) is 5.75 Å². The number of methoxy groups -OCH3 is 1. The van der Waals surface area contributed by atoms with Gasteiger partial charge in [0.1, 0.15) is 5.75 Å². The lowest BCUT2D eigenvalue weighted by Crippen LogP contribution is -2.36. The number of rotatable bonds is 5. The van der Waals surface area contributed by atoms with Crippen LogP contribution in [0.5, 0.6) is 5.75 Å². The molecular weight excluding hydrogens is 272 g/mol. The molecule has 0 saturated carbocycles. The number of hydrogen-bond donors (Lipinski definition) is 1. The molecule has 0 aromatic heterocycles. The molecule has 1 unspecified atom stereocenters. The molecule has 3 nitrogen and oxygen atoms in total. The predicted molar refractivity (Wildman–Crippen MR) is 90.0 cm³/mol. The fourth-order valence-electron chi connectivity index (χ4n) is 3.35. The van der Waals surface area contributed by atoms with Gasteiger partial charge in [-0.25, -0.2) is 0 Å². The molecule has 0 amide bonds. The van der Waals surface area contributed by atoms with Crippen LogP contribution < -0.4 is 10.5 Å². The maximum absolute atomic E-state index is 5.87. The fraction of sp³-hybridized carbons (Fsp3) is 0.368. The van der Waals surface area contributed by atoms with E-state index in [1.165, 1.54) is 16.7 Å². The minimum absolute atomic E-state index is 0.428. The molecule has 3 heteroatoms. The molecule has 0 radical (unpaired) electrons. The first-order valence-electron chi connectivity index (χ1n) is 7.96. The van der Waals surface area contributed by atoms with Crippen LogP contribution in [0.15, 0.2) is 48.5 Å². The Morgan fingerprint density at radius 1 is 1.14 bits per heavy atom. The molecule has 22 heavy (non-hydrogen) atoms. The molecule has 0 fully saturated rings. The Hall–Kier alpha value is -1.84. The average molecular weight is 296 g/mol. The molecule has 1 aliphatic heterocycles. The summed E-state index contributed by atoms with van der Waals surface area (Å²) in [6.45, 7) is 2.77. The van der Waals surface area contributed by atoms with Crippen LogP contribution in [-0.2, 0) is 13.0 Å². The Bertz CT molecular complexity index is 609. The van der Waals surface area contributed by atoms with Crippen molar-refractivity contribution in [1.29, 1.82) is 0 Å². The van der Waals surface area contributed by atoms with Gasteiger partial charge in [-0.3, -0.25) is 4.90 Å². The van der Waals surface area contributed by atoms with Gasteiger partial charge in [0.2, 0.25) is 0 Å². The number of hydrogen-bond acceptors (Lipinski definition) is 3. The number of ether oxygens (including phenoxy) is 1. The maximum atomic E-state index is 5.87. The normalized spacial score (nSPS) is 18.0. The summed E-state index contributed by atoms with van der Waals surface area (Å²) in [7, 11) is 1.70. The van der Waals surface area contributed by atoms with E-state index in [0.717, 1.165) is 38.2 Å². The lowest BCUT2D eigenvalue weighted by molar-refractivity contribution is 0.169. The summed E-state index contributed by atoms with van der Waals surface area (Å²) in [6.07, 6.45) is 2.13. The minimum Gasteiger partial charge on any atom is -0.497 e. The van der Waals surface area contributed by atoms with Gasteiger partial charge >= 0.3 is 0 Å². The molecule has 1 heterocycles. The SMILES string of the molecule is COc1ccc(CN2CCc3ccccc3C2CCN)cc1. The number of benzene rings is 2.